The molecule has 0 amide bonds. The molecule has 0 aliphatic heterocycles. The third-order valence-electron chi connectivity index (χ3n) is 14.0. The largest absolute Gasteiger partial charge is 0.310 e. The molecule has 4 heteroatoms. The third kappa shape index (κ3) is 5.77. The minimum Gasteiger partial charge on any atom is -0.310 e. The second kappa shape index (κ2) is 14.9. The first-order chi connectivity index (χ1) is 33.1. The standard InChI is InChI=1S/C63H38N4/c64-39-41-13-11-20-50(31-41)66(48-16-3-1-4-17-48)52-28-25-44-35-56-57-36-45-26-29-53(67(49-18-5-2-6-19-49)51-21-12-14-42(32-51)40-65)34-47(45)38-61(57)63(60(56)37-46(44)33-52)58-24-10-9-23-55(58)62-54-22-8-7-15-43(54)27-30-59(62)63/h1-38H. The van der Waals surface area contributed by atoms with E-state index in [2.05, 4.69) is 204 Å². The van der Waals surface area contributed by atoms with E-state index in [9.17, 15) is 10.5 Å². The van der Waals surface area contributed by atoms with E-state index in [1.807, 2.05) is 48.5 Å². The van der Waals surface area contributed by atoms with Crippen molar-refractivity contribution in [3.63, 3.8) is 0 Å². The molecule has 0 atom stereocenters. The zero-order valence-electron chi connectivity index (χ0n) is 36.2. The van der Waals surface area contributed by atoms with E-state index in [4.69, 9.17) is 0 Å². The van der Waals surface area contributed by atoms with Crippen LogP contribution in [-0.4, -0.2) is 0 Å². The summed E-state index contributed by atoms with van der Waals surface area (Å²) in [6, 6.07) is 86.9. The molecule has 0 N–H and O–H groups in total. The molecule has 11 aromatic carbocycles. The van der Waals surface area contributed by atoms with E-state index in [0.717, 1.165) is 55.7 Å². The molecule has 0 saturated heterocycles. The number of anilines is 6. The number of nitriles is 2. The summed E-state index contributed by atoms with van der Waals surface area (Å²) in [6.07, 6.45) is 0. The Hall–Kier alpha value is -9.22. The van der Waals surface area contributed by atoms with E-state index in [1.165, 1.54) is 55.3 Å². The first kappa shape index (κ1) is 38.3. The van der Waals surface area contributed by atoms with Crippen LogP contribution in [-0.2, 0) is 5.41 Å². The van der Waals surface area contributed by atoms with Gasteiger partial charge in [0.1, 0.15) is 0 Å². The van der Waals surface area contributed by atoms with Gasteiger partial charge < -0.3 is 9.80 Å². The number of hydrogen-bond acceptors (Lipinski definition) is 4. The van der Waals surface area contributed by atoms with Gasteiger partial charge in [-0.3, -0.25) is 0 Å². The second-order valence-corrected chi connectivity index (χ2v) is 17.5. The van der Waals surface area contributed by atoms with E-state index in [-0.39, 0.29) is 0 Å². The topological polar surface area (TPSA) is 54.1 Å². The molecule has 0 unspecified atom stereocenters. The number of benzene rings is 11. The third-order valence-corrected chi connectivity index (χ3v) is 14.0. The lowest BCUT2D eigenvalue weighted by molar-refractivity contribution is 0.797. The maximum atomic E-state index is 9.92. The highest BCUT2D eigenvalue weighted by Crippen LogP contribution is 2.65. The van der Waals surface area contributed by atoms with Gasteiger partial charge in [0.25, 0.3) is 0 Å². The van der Waals surface area contributed by atoms with Gasteiger partial charge in [-0.25, -0.2) is 0 Å². The van der Waals surface area contributed by atoms with Crippen molar-refractivity contribution >= 4 is 66.4 Å². The average molecular weight is 851 g/mol. The zero-order valence-corrected chi connectivity index (χ0v) is 36.2. The van der Waals surface area contributed by atoms with E-state index < -0.39 is 5.41 Å². The van der Waals surface area contributed by atoms with E-state index in [0.29, 0.717) is 11.1 Å². The molecule has 0 radical (unpaired) electrons. The van der Waals surface area contributed by atoms with Gasteiger partial charge in [0, 0.05) is 34.1 Å². The van der Waals surface area contributed by atoms with Crippen LogP contribution in [0, 0.1) is 22.7 Å². The Kier molecular flexibility index (Phi) is 8.52. The molecule has 4 nitrogen and oxygen atoms in total. The molecule has 310 valence electrons. The molecule has 0 aromatic heterocycles. The van der Waals surface area contributed by atoms with Gasteiger partial charge in [-0.1, -0.05) is 121 Å². The Morgan fingerprint density at radius 1 is 0.299 bits per heavy atom. The average Bonchev–Trinajstić information content (AvgIpc) is 3.84. The number of nitrogens with zero attached hydrogens (tertiary/aromatic N) is 4. The number of rotatable bonds is 6. The fraction of sp³-hybridized carbons (Fsp3) is 0.0159. The maximum Gasteiger partial charge on any atom is 0.0992 e. The molecule has 0 bridgehead atoms. The van der Waals surface area contributed by atoms with Gasteiger partial charge in [0.2, 0.25) is 0 Å². The van der Waals surface area contributed by atoms with Gasteiger partial charge in [0.05, 0.1) is 28.7 Å². The van der Waals surface area contributed by atoms with Crippen LogP contribution in [0.1, 0.15) is 33.4 Å². The molecule has 11 aromatic rings. The SMILES string of the molecule is N#Cc1cccc(N(c2ccccc2)c2ccc3cc4c(cc3c2)C2(c3cc5cc(N(c6ccccc6)c6cccc(C#N)c6)ccc5cc3-4)c3ccccc3-c3c2ccc2ccccc32)c1. The Morgan fingerprint density at radius 3 is 1.34 bits per heavy atom. The van der Waals surface area contributed by atoms with Crippen molar-refractivity contribution in [1.82, 2.24) is 0 Å². The molecule has 1 spiro atoms. The first-order valence-electron chi connectivity index (χ1n) is 22.6. The molecular formula is C63H38N4. The maximum absolute atomic E-state index is 9.92. The predicted molar refractivity (Wildman–Crippen MR) is 274 cm³/mol. The molecule has 0 saturated carbocycles. The van der Waals surface area contributed by atoms with Crippen LogP contribution in [0.4, 0.5) is 34.1 Å². The zero-order chi connectivity index (χ0) is 44.6. The van der Waals surface area contributed by atoms with Crippen molar-refractivity contribution in [3.05, 3.63) is 264 Å². The Bertz CT molecular complexity index is 3720. The number of fused-ring (bicyclic) bond motifs is 14. The monoisotopic (exact) mass is 850 g/mol. The van der Waals surface area contributed by atoms with Crippen LogP contribution in [0.5, 0.6) is 0 Å². The Morgan fingerprint density at radius 2 is 0.776 bits per heavy atom. The first-order valence-corrected chi connectivity index (χ1v) is 22.6. The second-order valence-electron chi connectivity index (χ2n) is 17.5. The van der Waals surface area contributed by atoms with Gasteiger partial charge in [0.15, 0.2) is 0 Å². The Balaban J connectivity index is 1.08. The minimum absolute atomic E-state index is 0.614. The molecule has 0 heterocycles. The van der Waals surface area contributed by atoms with E-state index in [1.54, 1.807) is 0 Å². The fourth-order valence-corrected chi connectivity index (χ4v) is 11.2. The van der Waals surface area contributed by atoms with Crippen LogP contribution in [0.2, 0.25) is 0 Å². The summed E-state index contributed by atoms with van der Waals surface area (Å²) < 4.78 is 0. The van der Waals surface area contributed by atoms with Crippen LogP contribution >= 0.6 is 0 Å². The van der Waals surface area contributed by atoms with E-state index >= 15 is 0 Å². The fourth-order valence-electron chi connectivity index (χ4n) is 11.2. The molecule has 2 aliphatic carbocycles. The highest BCUT2D eigenvalue weighted by molar-refractivity contribution is 6.09. The summed E-state index contributed by atoms with van der Waals surface area (Å²) in [5.41, 5.74) is 16.6. The molecule has 2 aliphatic rings. The predicted octanol–water partition coefficient (Wildman–Crippen LogP) is 16.2. The summed E-state index contributed by atoms with van der Waals surface area (Å²) in [5, 5.41) is 26.9. The van der Waals surface area contributed by atoms with Gasteiger partial charge >= 0.3 is 0 Å². The highest BCUT2D eigenvalue weighted by atomic mass is 15.1. The highest BCUT2D eigenvalue weighted by Gasteiger charge is 2.52. The molecular weight excluding hydrogens is 813 g/mol. The number of para-hydroxylation sites is 2. The van der Waals surface area contributed by atoms with Crippen LogP contribution < -0.4 is 9.80 Å². The van der Waals surface area contributed by atoms with Gasteiger partial charge in [-0.2, -0.15) is 10.5 Å². The molecule has 0 fully saturated rings. The Labute approximate surface area is 388 Å². The quantitative estimate of drug-likeness (QED) is 0.167. The van der Waals surface area contributed by atoms with Crippen LogP contribution in [0.3, 0.4) is 0 Å². The number of hydrogen-bond donors (Lipinski definition) is 0. The molecule has 67 heavy (non-hydrogen) atoms. The summed E-state index contributed by atoms with van der Waals surface area (Å²) in [6.45, 7) is 0. The smallest absolute Gasteiger partial charge is 0.0992 e. The summed E-state index contributed by atoms with van der Waals surface area (Å²) in [4.78, 5) is 4.48. The summed E-state index contributed by atoms with van der Waals surface area (Å²) in [5.74, 6) is 0. The molecule has 13 rings (SSSR count). The lowest BCUT2D eigenvalue weighted by Crippen LogP contribution is -2.26. The van der Waals surface area contributed by atoms with Crippen LogP contribution in [0.25, 0.3) is 54.6 Å². The lowest BCUT2D eigenvalue weighted by atomic mass is 9.70. The summed E-state index contributed by atoms with van der Waals surface area (Å²) in [7, 11) is 0. The minimum atomic E-state index is -0.616. The van der Waals surface area contributed by atoms with Crippen molar-refractivity contribution in [3.8, 4) is 34.4 Å². The van der Waals surface area contributed by atoms with Gasteiger partial charge in [-0.05, 0) is 186 Å². The normalized spacial score (nSPS) is 12.6. The van der Waals surface area contributed by atoms with Crippen molar-refractivity contribution < 1.29 is 0 Å². The van der Waals surface area contributed by atoms with Crippen molar-refractivity contribution in [2.45, 2.75) is 5.41 Å². The van der Waals surface area contributed by atoms with Gasteiger partial charge in [-0.15, -0.1) is 0 Å². The van der Waals surface area contributed by atoms with Crippen molar-refractivity contribution in [2.75, 3.05) is 9.80 Å². The van der Waals surface area contributed by atoms with Crippen molar-refractivity contribution in [2.24, 2.45) is 0 Å². The lowest BCUT2D eigenvalue weighted by Gasteiger charge is -2.31. The summed E-state index contributed by atoms with van der Waals surface area (Å²) >= 11 is 0. The van der Waals surface area contributed by atoms with Crippen molar-refractivity contribution in [1.29, 1.82) is 10.5 Å². The van der Waals surface area contributed by atoms with Crippen LogP contribution in [0.15, 0.2) is 231 Å².